The number of anilines is 2. The summed E-state index contributed by atoms with van der Waals surface area (Å²) < 4.78 is 56.9. The van der Waals surface area contributed by atoms with Gasteiger partial charge in [-0.1, -0.05) is 0 Å². The van der Waals surface area contributed by atoms with Crippen molar-refractivity contribution in [3.8, 4) is 45.3 Å². The van der Waals surface area contributed by atoms with Crippen LogP contribution in [0.25, 0.3) is 67.1 Å². The standard InChI is InChI=1S/2C26H30FN7O2/c1-18-17-35-15-13-33(18)23-16-20(21-7-11-32(31-21)12-8-27)19-5-9-28-26(25(19)30-23)22-6-10-29-34(22)24-4-2-3-14-36-24;1-18-17-35-15-13-32(18)23-16-20(21-6-10-29-33(21)12-8-27)19-5-9-28-26(25(19)31-23)22-7-11-30-34(22)24-4-2-3-14-36-24/h2*5-7,9-11,16,18,24H,2-4,8,12-15,17H2,1H3/t2*18-,24?/m11/s1. The van der Waals surface area contributed by atoms with E-state index in [-0.39, 0.29) is 37.6 Å². The molecule has 4 atom stereocenters. The molecular weight excluding hydrogens is 923 g/mol. The van der Waals surface area contributed by atoms with Crippen molar-refractivity contribution < 1.29 is 27.7 Å². The van der Waals surface area contributed by atoms with Crippen molar-refractivity contribution >= 4 is 33.4 Å². The Balaban J connectivity index is 0.000000156. The summed E-state index contributed by atoms with van der Waals surface area (Å²) in [5.41, 5.74) is 8.32. The molecule has 2 unspecified atom stereocenters. The number of rotatable bonds is 12. The molecule has 4 aliphatic heterocycles. The summed E-state index contributed by atoms with van der Waals surface area (Å²) in [6.45, 7) is 9.27. The smallest absolute Gasteiger partial charge is 0.150 e. The molecule has 72 heavy (non-hydrogen) atoms. The number of aromatic nitrogens is 12. The second-order valence-electron chi connectivity index (χ2n) is 18.6. The number of pyridine rings is 4. The van der Waals surface area contributed by atoms with E-state index < -0.39 is 13.3 Å². The molecule has 0 spiro atoms. The highest BCUT2D eigenvalue weighted by Gasteiger charge is 2.28. The Morgan fingerprint density at radius 1 is 0.583 bits per heavy atom. The number of halogens is 2. The highest BCUT2D eigenvalue weighted by atomic mass is 19.1. The lowest BCUT2D eigenvalue weighted by Crippen LogP contribution is -2.44. The van der Waals surface area contributed by atoms with Crippen LogP contribution in [0, 0.1) is 0 Å². The van der Waals surface area contributed by atoms with Gasteiger partial charge in [-0.05, 0) is 101 Å². The minimum absolute atomic E-state index is 0.112. The van der Waals surface area contributed by atoms with Crippen LogP contribution in [-0.4, -0.2) is 137 Å². The molecular formula is C52H60F2N14O4. The van der Waals surface area contributed by atoms with Gasteiger partial charge in [0.05, 0.1) is 74.4 Å². The van der Waals surface area contributed by atoms with E-state index in [4.69, 9.17) is 38.9 Å². The zero-order valence-electron chi connectivity index (χ0n) is 40.8. The summed E-state index contributed by atoms with van der Waals surface area (Å²) in [4.78, 5) is 24.4. The summed E-state index contributed by atoms with van der Waals surface area (Å²) in [6, 6.07) is 16.3. The average molecular weight is 983 g/mol. The topological polar surface area (TPSA) is 166 Å². The van der Waals surface area contributed by atoms with Crippen LogP contribution in [0.4, 0.5) is 20.4 Å². The highest BCUT2D eigenvalue weighted by molar-refractivity contribution is 6.02. The van der Waals surface area contributed by atoms with E-state index in [1.165, 1.54) is 0 Å². The van der Waals surface area contributed by atoms with Crippen molar-refractivity contribution in [1.82, 2.24) is 59.1 Å². The van der Waals surface area contributed by atoms with E-state index in [1.807, 2.05) is 52.0 Å². The Hall–Kier alpha value is -6.74. The SMILES string of the molecule is C[C@@H]1COCCN1c1cc(-c2ccn(CCF)n2)c2ccnc(-c3ccnn3C3CCCCO3)c2n1.C[C@@H]1COCCN1c1cc(-c2ccnn2CCF)c2ccnc(-c3ccnn3C3CCCCO3)c2n1. The van der Waals surface area contributed by atoms with Crippen LogP contribution in [0.2, 0.25) is 0 Å². The molecule has 12 heterocycles. The van der Waals surface area contributed by atoms with Crippen molar-refractivity contribution in [3.63, 3.8) is 0 Å². The fourth-order valence-corrected chi connectivity index (χ4v) is 10.3. The van der Waals surface area contributed by atoms with Gasteiger partial charge >= 0.3 is 0 Å². The number of hydrogen-bond acceptors (Lipinski definition) is 14. The van der Waals surface area contributed by atoms with E-state index in [0.29, 0.717) is 26.4 Å². The first-order chi connectivity index (χ1) is 35.5. The predicted octanol–water partition coefficient (Wildman–Crippen LogP) is 8.50. The molecule has 4 aliphatic rings. The number of aryl methyl sites for hydroxylation is 2. The quantitative estimate of drug-likeness (QED) is 0.114. The van der Waals surface area contributed by atoms with Gasteiger partial charge in [-0.25, -0.2) is 28.1 Å². The number of morpholine rings is 2. The first kappa shape index (κ1) is 47.6. The molecule has 0 N–H and O–H groups in total. The maximum absolute atomic E-state index is 13.3. The lowest BCUT2D eigenvalue weighted by atomic mass is 10.0. The molecule has 4 saturated heterocycles. The molecule has 0 amide bonds. The second kappa shape index (κ2) is 21.5. The fourth-order valence-electron chi connectivity index (χ4n) is 10.3. The third-order valence-corrected chi connectivity index (χ3v) is 14.0. The van der Waals surface area contributed by atoms with Gasteiger partial charge in [0, 0.05) is 85.4 Å². The van der Waals surface area contributed by atoms with Crippen LogP contribution >= 0.6 is 0 Å². The summed E-state index contributed by atoms with van der Waals surface area (Å²) in [6.07, 6.45) is 16.7. The average Bonchev–Trinajstić information content (AvgIpc) is 4.28. The highest BCUT2D eigenvalue weighted by Crippen LogP contribution is 2.39. The zero-order chi connectivity index (χ0) is 49.0. The van der Waals surface area contributed by atoms with Gasteiger partial charge in [-0.2, -0.15) is 20.4 Å². The molecule has 18 nitrogen and oxygen atoms in total. The molecule has 0 saturated carbocycles. The maximum atomic E-state index is 13.3. The Kier molecular flexibility index (Phi) is 14.2. The van der Waals surface area contributed by atoms with Gasteiger partial charge in [-0.3, -0.25) is 19.3 Å². The number of hydrogen-bond donors (Lipinski definition) is 0. The molecule has 376 valence electrons. The van der Waals surface area contributed by atoms with E-state index in [1.54, 1.807) is 40.3 Å². The molecule has 0 bridgehead atoms. The van der Waals surface area contributed by atoms with Crippen LogP contribution in [-0.2, 0) is 32.0 Å². The molecule has 12 rings (SSSR count). The van der Waals surface area contributed by atoms with E-state index in [2.05, 4.69) is 56.2 Å². The summed E-state index contributed by atoms with van der Waals surface area (Å²) in [7, 11) is 0. The minimum atomic E-state index is -0.488. The fraction of sp³-hybridized carbons (Fsp3) is 0.462. The summed E-state index contributed by atoms with van der Waals surface area (Å²) in [5.74, 6) is 1.69. The molecule has 4 fully saturated rings. The van der Waals surface area contributed by atoms with Gasteiger partial charge in [0.15, 0.2) is 12.5 Å². The molecule has 0 aromatic carbocycles. The van der Waals surface area contributed by atoms with E-state index in [9.17, 15) is 8.78 Å². The first-order valence-electron chi connectivity index (χ1n) is 25.2. The molecule has 0 aliphatic carbocycles. The van der Waals surface area contributed by atoms with Gasteiger partial charge < -0.3 is 28.7 Å². The lowest BCUT2D eigenvalue weighted by Gasteiger charge is -2.34. The first-order valence-corrected chi connectivity index (χ1v) is 25.2. The summed E-state index contributed by atoms with van der Waals surface area (Å²) in [5, 5.41) is 20.1. The number of ether oxygens (including phenoxy) is 4. The summed E-state index contributed by atoms with van der Waals surface area (Å²) >= 11 is 0. The largest absolute Gasteiger partial charge is 0.377 e. The second-order valence-corrected chi connectivity index (χ2v) is 18.6. The van der Waals surface area contributed by atoms with Gasteiger partial charge in [-0.15, -0.1) is 0 Å². The monoisotopic (exact) mass is 982 g/mol. The van der Waals surface area contributed by atoms with E-state index in [0.717, 1.165) is 144 Å². The van der Waals surface area contributed by atoms with Crippen LogP contribution in [0.5, 0.6) is 0 Å². The molecule has 0 radical (unpaired) electrons. The van der Waals surface area contributed by atoms with Crippen LogP contribution < -0.4 is 9.80 Å². The van der Waals surface area contributed by atoms with Crippen molar-refractivity contribution in [2.45, 2.75) is 90.0 Å². The Bertz CT molecular complexity index is 3110. The minimum Gasteiger partial charge on any atom is -0.377 e. The normalized spacial score (nSPS) is 20.8. The predicted molar refractivity (Wildman–Crippen MR) is 269 cm³/mol. The maximum Gasteiger partial charge on any atom is 0.150 e. The van der Waals surface area contributed by atoms with Crippen LogP contribution in [0.15, 0.2) is 85.7 Å². The molecule has 8 aromatic rings. The zero-order valence-corrected chi connectivity index (χ0v) is 40.8. The number of nitrogens with zero attached hydrogens (tertiary/aromatic N) is 14. The third kappa shape index (κ3) is 9.55. The van der Waals surface area contributed by atoms with Crippen molar-refractivity contribution in [2.75, 3.05) is 75.9 Å². The van der Waals surface area contributed by atoms with Gasteiger partial charge in [0.25, 0.3) is 0 Å². The van der Waals surface area contributed by atoms with E-state index >= 15 is 0 Å². The van der Waals surface area contributed by atoms with Crippen LogP contribution in [0.3, 0.4) is 0 Å². The van der Waals surface area contributed by atoms with Gasteiger partial charge in [0.2, 0.25) is 0 Å². The molecule has 8 aromatic heterocycles. The van der Waals surface area contributed by atoms with Gasteiger partial charge in [0.1, 0.15) is 47.4 Å². The molecule has 20 heteroatoms. The number of alkyl halides is 2. The Morgan fingerprint density at radius 2 is 1.12 bits per heavy atom. The number of fused-ring (bicyclic) bond motifs is 2. The van der Waals surface area contributed by atoms with Crippen molar-refractivity contribution in [3.05, 3.63) is 85.7 Å². The van der Waals surface area contributed by atoms with Crippen molar-refractivity contribution in [2.24, 2.45) is 0 Å². The Morgan fingerprint density at radius 3 is 1.67 bits per heavy atom. The third-order valence-electron chi connectivity index (χ3n) is 14.0. The van der Waals surface area contributed by atoms with Crippen molar-refractivity contribution in [1.29, 1.82) is 0 Å². The Labute approximate surface area is 415 Å². The van der Waals surface area contributed by atoms with Crippen LogP contribution in [0.1, 0.15) is 64.8 Å². The lowest BCUT2D eigenvalue weighted by molar-refractivity contribution is -0.0384.